The van der Waals surface area contributed by atoms with Crippen LogP contribution in [0.1, 0.15) is 44.6 Å². The van der Waals surface area contributed by atoms with Gasteiger partial charge in [-0.3, -0.25) is 13.9 Å². The van der Waals surface area contributed by atoms with Crippen LogP contribution in [0.3, 0.4) is 0 Å². The average Bonchev–Trinajstić information content (AvgIpc) is 3.35. The van der Waals surface area contributed by atoms with Crippen LogP contribution in [0.5, 0.6) is 5.75 Å². The fraction of sp³-hybridized carbons (Fsp3) is 0.462. The van der Waals surface area contributed by atoms with Crippen LogP contribution in [-0.4, -0.2) is 57.1 Å². The Balaban J connectivity index is 1.91. The number of hydrogen-bond donors (Lipinski definition) is 1. The van der Waals surface area contributed by atoms with Crippen LogP contribution in [-0.2, 0) is 26.2 Å². The predicted octanol–water partition coefficient (Wildman–Crippen LogP) is 3.98. The summed E-state index contributed by atoms with van der Waals surface area (Å²) in [5, 5.41) is 3.31. The second-order valence-electron chi connectivity index (χ2n) is 9.01. The fourth-order valence-electron chi connectivity index (χ4n) is 4.49. The molecule has 2 aromatic carbocycles. The zero-order chi connectivity index (χ0) is 26.3. The van der Waals surface area contributed by atoms with E-state index in [9.17, 15) is 18.0 Å². The van der Waals surface area contributed by atoms with Crippen LogP contribution in [0.4, 0.5) is 5.69 Å². The average molecular weight is 536 g/mol. The van der Waals surface area contributed by atoms with Gasteiger partial charge in [-0.25, -0.2) is 8.42 Å². The zero-order valence-electron chi connectivity index (χ0n) is 20.9. The highest BCUT2D eigenvalue weighted by Crippen LogP contribution is 2.30. The molecule has 1 aliphatic rings. The molecule has 0 unspecified atom stereocenters. The molecule has 1 saturated carbocycles. The quantitative estimate of drug-likeness (QED) is 0.469. The minimum absolute atomic E-state index is 0.106. The highest BCUT2D eigenvalue weighted by atomic mass is 35.5. The summed E-state index contributed by atoms with van der Waals surface area (Å²) in [6, 6.07) is 13.2. The molecular weight excluding hydrogens is 502 g/mol. The summed E-state index contributed by atoms with van der Waals surface area (Å²) in [4.78, 5) is 28.5. The second kappa shape index (κ2) is 12.5. The molecule has 10 heteroatoms. The van der Waals surface area contributed by atoms with Crippen LogP contribution in [0.15, 0.2) is 48.5 Å². The van der Waals surface area contributed by atoms with E-state index in [4.69, 9.17) is 16.3 Å². The largest absolute Gasteiger partial charge is 0.495 e. The third-order valence-electron chi connectivity index (χ3n) is 6.39. The summed E-state index contributed by atoms with van der Waals surface area (Å²) in [5.74, 6) is -0.308. The predicted molar refractivity (Wildman–Crippen MR) is 142 cm³/mol. The molecule has 0 saturated heterocycles. The van der Waals surface area contributed by atoms with Crippen molar-refractivity contribution in [1.29, 1.82) is 0 Å². The SMILES string of the molecule is CC[C@H](C(=O)NC1CCCC1)N(Cc1ccccc1)C(=O)CN(c1ccc(OC)c(Cl)c1)S(C)(=O)=O. The Morgan fingerprint density at radius 1 is 1.14 bits per heavy atom. The van der Waals surface area contributed by atoms with Gasteiger partial charge in [0.1, 0.15) is 18.3 Å². The third kappa shape index (κ3) is 7.13. The van der Waals surface area contributed by atoms with Gasteiger partial charge in [0.15, 0.2) is 0 Å². The van der Waals surface area contributed by atoms with Crippen molar-refractivity contribution in [3.8, 4) is 5.75 Å². The van der Waals surface area contributed by atoms with Crippen molar-refractivity contribution in [2.75, 3.05) is 24.2 Å². The van der Waals surface area contributed by atoms with Gasteiger partial charge in [-0.2, -0.15) is 0 Å². The molecule has 0 aromatic heterocycles. The molecule has 1 fully saturated rings. The Hall–Kier alpha value is -2.78. The van der Waals surface area contributed by atoms with Gasteiger partial charge >= 0.3 is 0 Å². The topological polar surface area (TPSA) is 96.0 Å². The van der Waals surface area contributed by atoms with Crippen molar-refractivity contribution in [1.82, 2.24) is 10.2 Å². The number of amides is 2. The van der Waals surface area contributed by atoms with Crippen LogP contribution in [0.25, 0.3) is 0 Å². The van der Waals surface area contributed by atoms with E-state index in [2.05, 4.69) is 5.32 Å². The van der Waals surface area contributed by atoms with E-state index in [1.54, 1.807) is 6.07 Å². The van der Waals surface area contributed by atoms with Crippen molar-refractivity contribution >= 4 is 39.1 Å². The molecule has 3 rings (SSSR count). The van der Waals surface area contributed by atoms with E-state index >= 15 is 0 Å². The summed E-state index contributed by atoms with van der Waals surface area (Å²) in [5.41, 5.74) is 1.08. The van der Waals surface area contributed by atoms with Crippen LogP contribution in [0, 0.1) is 0 Å². The molecule has 0 heterocycles. The number of carbonyl (C=O) groups excluding carboxylic acids is 2. The number of nitrogens with one attached hydrogen (secondary N) is 1. The van der Waals surface area contributed by atoms with Gasteiger partial charge in [0, 0.05) is 12.6 Å². The molecule has 1 atom stereocenters. The monoisotopic (exact) mass is 535 g/mol. The van der Waals surface area contributed by atoms with Gasteiger partial charge in [0.25, 0.3) is 0 Å². The molecule has 0 bridgehead atoms. The number of carbonyl (C=O) groups is 2. The highest BCUT2D eigenvalue weighted by molar-refractivity contribution is 7.92. The number of nitrogens with zero attached hydrogens (tertiary/aromatic N) is 2. The smallest absolute Gasteiger partial charge is 0.244 e. The molecule has 8 nitrogen and oxygen atoms in total. The minimum atomic E-state index is -3.84. The van der Waals surface area contributed by atoms with E-state index in [-0.39, 0.29) is 29.2 Å². The molecule has 0 spiro atoms. The fourth-order valence-corrected chi connectivity index (χ4v) is 5.58. The molecule has 0 radical (unpaired) electrons. The number of sulfonamides is 1. The molecule has 1 N–H and O–H groups in total. The summed E-state index contributed by atoms with van der Waals surface area (Å²) in [7, 11) is -2.38. The summed E-state index contributed by atoms with van der Waals surface area (Å²) in [6.45, 7) is 1.56. The van der Waals surface area contributed by atoms with Gasteiger partial charge < -0.3 is 15.0 Å². The van der Waals surface area contributed by atoms with Gasteiger partial charge in [-0.15, -0.1) is 0 Å². The molecule has 0 aliphatic heterocycles. The number of anilines is 1. The molecule has 2 aromatic rings. The van der Waals surface area contributed by atoms with Crippen molar-refractivity contribution in [2.24, 2.45) is 0 Å². The Morgan fingerprint density at radius 3 is 2.36 bits per heavy atom. The number of hydrogen-bond acceptors (Lipinski definition) is 5. The molecule has 2 amide bonds. The first-order valence-electron chi connectivity index (χ1n) is 12.1. The lowest BCUT2D eigenvalue weighted by Gasteiger charge is -2.33. The molecule has 36 heavy (non-hydrogen) atoms. The van der Waals surface area contributed by atoms with Gasteiger partial charge in [-0.1, -0.05) is 61.7 Å². The Bertz CT molecular complexity index is 1150. The number of halogens is 1. The third-order valence-corrected chi connectivity index (χ3v) is 7.82. The van der Waals surface area contributed by atoms with E-state index < -0.39 is 28.5 Å². The first-order chi connectivity index (χ1) is 17.1. The lowest BCUT2D eigenvalue weighted by atomic mass is 10.1. The lowest BCUT2D eigenvalue weighted by molar-refractivity contribution is -0.140. The summed E-state index contributed by atoms with van der Waals surface area (Å²) in [6.07, 6.45) is 5.42. The van der Waals surface area contributed by atoms with Crippen molar-refractivity contribution in [2.45, 2.75) is 57.7 Å². The minimum Gasteiger partial charge on any atom is -0.495 e. The number of methoxy groups -OCH3 is 1. The van der Waals surface area contributed by atoms with Crippen molar-refractivity contribution in [3.05, 3.63) is 59.1 Å². The Morgan fingerprint density at radius 2 is 1.81 bits per heavy atom. The maximum atomic E-state index is 13.7. The second-order valence-corrected chi connectivity index (χ2v) is 11.3. The van der Waals surface area contributed by atoms with Crippen LogP contribution < -0.4 is 14.4 Å². The van der Waals surface area contributed by atoms with Crippen molar-refractivity contribution < 1.29 is 22.7 Å². The van der Waals surface area contributed by atoms with Gasteiger partial charge in [-0.05, 0) is 43.0 Å². The lowest BCUT2D eigenvalue weighted by Crippen LogP contribution is -2.53. The van der Waals surface area contributed by atoms with Gasteiger partial charge in [0.05, 0.1) is 24.1 Å². The van der Waals surface area contributed by atoms with Crippen LogP contribution >= 0.6 is 11.6 Å². The van der Waals surface area contributed by atoms with Crippen LogP contribution in [0.2, 0.25) is 5.02 Å². The number of benzene rings is 2. The highest BCUT2D eigenvalue weighted by Gasteiger charge is 2.33. The first-order valence-corrected chi connectivity index (χ1v) is 14.3. The number of rotatable bonds is 11. The van der Waals surface area contributed by atoms with E-state index in [1.165, 1.54) is 24.1 Å². The maximum absolute atomic E-state index is 13.7. The maximum Gasteiger partial charge on any atom is 0.244 e. The van der Waals surface area contributed by atoms with E-state index in [0.717, 1.165) is 41.8 Å². The standard InChI is InChI=1S/C26H34ClN3O5S/c1-4-23(26(32)28-20-12-8-9-13-20)29(17-19-10-6-5-7-11-19)25(31)18-30(36(3,33)34)21-14-15-24(35-2)22(27)16-21/h5-7,10-11,14-16,20,23H,4,8-9,12-13,17-18H2,1-3H3,(H,28,32)/t23-/m1/s1. The number of ether oxygens (including phenoxy) is 1. The normalized spacial score (nSPS) is 14.8. The Labute approximate surface area is 218 Å². The molecular formula is C26H34ClN3O5S. The first kappa shape index (κ1) is 27.8. The summed E-state index contributed by atoms with van der Waals surface area (Å²) < 4.78 is 31.6. The molecule has 1 aliphatic carbocycles. The zero-order valence-corrected chi connectivity index (χ0v) is 22.5. The van der Waals surface area contributed by atoms with E-state index in [0.29, 0.717) is 12.2 Å². The van der Waals surface area contributed by atoms with Crippen molar-refractivity contribution in [3.63, 3.8) is 0 Å². The van der Waals surface area contributed by atoms with Gasteiger partial charge in [0.2, 0.25) is 21.8 Å². The Kier molecular flexibility index (Phi) is 9.62. The van der Waals surface area contributed by atoms with E-state index in [1.807, 2.05) is 37.3 Å². The molecule has 196 valence electrons. The summed E-state index contributed by atoms with van der Waals surface area (Å²) >= 11 is 6.23.